The third-order valence-corrected chi connectivity index (χ3v) is 3.62. The van der Waals surface area contributed by atoms with Crippen LogP contribution in [0, 0.1) is 11.8 Å². The number of hydrogen-bond acceptors (Lipinski definition) is 3. The van der Waals surface area contributed by atoms with Crippen molar-refractivity contribution in [2.75, 3.05) is 13.2 Å². The van der Waals surface area contributed by atoms with E-state index < -0.39 is 0 Å². The third kappa shape index (κ3) is 6.09. The second-order valence-corrected chi connectivity index (χ2v) is 5.68. The SMILES string of the molecule is O=C(NCC#CCOc1cccc(Br)c1)OC1CCCC1. The Kier molecular flexibility index (Phi) is 6.42. The van der Waals surface area contributed by atoms with Gasteiger partial charge in [-0.2, -0.15) is 0 Å². The highest BCUT2D eigenvalue weighted by Crippen LogP contribution is 2.20. The van der Waals surface area contributed by atoms with Gasteiger partial charge in [-0.15, -0.1) is 0 Å². The summed E-state index contributed by atoms with van der Waals surface area (Å²) in [7, 11) is 0. The smallest absolute Gasteiger partial charge is 0.408 e. The van der Waals surface area contributed by atoms with Crippen LogP contribution in [0.1, 0.15) is 25.7 Å². The van der Waals surface area contributed by atoms with E-state index in [-0.39, 0.29) is 25.3 Å². The first-order valence-corrected chi connectivity index (χ1v) is 7.82. The molecule has 2 rings (SSSR count). The number of rotatable bonds is 4. The predicted octanol–water partition coefficient (Wildman–Crippen LogP) is 3.50. The Morgan fingerprint density at radius 3 is 2.90 bits per heavy atom. The second-order valence-electron chi connectivity index (χ2n) is 4.76. The molecular formula is C16H18BrNO3. The molecule has 0 heterocycles. The zero-order valence-electron chi connectivity index (χ0n) is 11.7. The molecule has 1 amide bonds. The van der Waals surface area contributed by atoms with Gasteiger partial charge < -0.3 is 14.8 Å². The van der Waals surface area contributed by atoms with Crippen LogP contribution in [0.3, 0.4) is 0 Å². The average molecular weight is 352 g/mol. The highest BCUT2D eigenvalue weighted by atomic mass is 79.9. The van der Waals surface area contributed by atoms with E-state index in [0.29, 0.717) is 0 Å². The van der Waals surface area contributed by atoms with Crippen molar-refractivity contribution >= 4 is 22.0 Å². The van der Waals surface area contributed by atoms with E-state index in [4.69, 9.17) is 9.47 Å². The lowest BCUT2D eigenvalue weighted by atomic mass is 10.3. The molecule has 0 atom stereocenters. The molecule has 1 N–H and O–H groups in total. The Morgan fingerprint density at radius 1 is 1.33 bits per heavy atom. The number of carbonyl (C=O) groups is 1. The van der Waals surface area contributed by atoms with Crippen molar-refractivity contribution < 1.29 is 14.3 Å². The van der Waals surface area contributed by atoms with Crippen LogP contribution >= 0.6 is 15.9 Å². The first kappa shape index (κ1) is 15.7. The predicted molar refractivity (Wildman–Crippen MR) is 84.2 cm³/mol. The number of halogens is 1. The van der Waals surface area contributed by atoms with Gasteiger partial charge in [0.05, 0.1) is 6.54 Å². The fraction of sp³-hybridized carbons (Fsp3) is 0.438. The summed E-state index contributed by atoms with van der Waals surface area (Å²) in [5, 5.41) is 2.62. The molecule has 0 radical (unpaired) electrons. The van der Waals surface area contributed by atoms with E-state index in [1.165, 1.54) is 0 Å². The van der Waals surface area contributed by atoms with Crippen LogP contribution in [0.2, 0.25) is 0 Å². The number of nitrogens with one attached hydrogen (secondary N) is 1. The van der Waals surface area contributed by atoms with Gasteiger partial charge in [-0.3, -0.25) is 0 Å². The first-order chi connectivity index (χ1) is 10.2. The molecule has 0 spiro atoms. The summed E-state index contributed by atoms with van der Waals surface area (Å²) in [4.78, 5) is 11.5. The van der Waals surface area contributed by atoms with Gasteiger partial charge in [-0.05, 0) is 43.9 Å². The minimum absolute atomic E-state index is 0.0813. The van der Waals surface area contributed by atoms with E-state index in [2.05, 4.69) is 33.1 Å². The lowest BCUT2D eigenvalue weighted by Gasteiger charge is -2.10. The largest absolute Gasteiger partial charge is 0.481 e. The van der Waals surface area contributed by atoms with Crippen molar-refractivity contribution in [1.82, 2.24) is 5.32 Å². The summed E-state index contributed by atoms with van der Waals surface area (Å²) in [6.45, 7) is 0.559. The second kappa shape index (κ2) is 8.58. The molecule has 4 nitrogen and oxygen atoms in total. The van der Waals surface area contributed by atoms with E-state index in [1.807, 2.05) is 24.3 Å². The molecule has 0 aromatic heterocycles. The standard InChI is InChI=1S/C16H18BrNO3/c17-13-6-5-9-15(12-13)20-11-4-3-10-18-16(19)21-14-7-1-2-8-14/h5-6,9,12,14H,1-2,7-8,10-11H2,(H,18,19). The molecule has 0 bridgehead atoms. The van der Waals surface area contributed by atoms with Crippen LogP contribution in [-0.4, -0.2) is 25.3 Å². The Hall–Kier alpha value is -1.67. The molecule has 0 aliphatic heterocycles. The number of carbonyl (C=O) groups excluding carboxylic acids is 1. The van der Waals surface area contributed by atoms with Gasteiger partial charge >= 0.3 is 6.09 Å². The molecule has 1 saturated carbocycles. The van der Waals surface area contributed by atoms with Gasteiger partial charge in [0.2, 0.25) is 0 Å². The summed E-state index contributed by atoms with van der Waals surface area (Å²) in [5.74, 6) is 6.43. The minimum atomic E-state index is -0.385. The molecule has 1 aliphatic carbocycles. The van der Waals surface area contributed by atoms with Gasteiger partial charge in [-0.25, -0.2) is 4.79 Å². The van der Waals surface area contributed by atoms with Crippen molar-refractivity contribution in [2.24, 2.45) is 0 Å². The Balaban J connectivity index is 1.59. The lowest BCUT2D eigenvalue weighted by molar-refractivity contribution is 0.102. The molecule has 0 saturated heterocycles. The third-order valence-electron chi connectivity index (χ3n) is 3.13. The van der Waals surface area contributed by atoms with Crippen LogP contribution in [0.4, 0.5) is 4.79 Å². The van der Waals surface area contributed by atoms with Crippen LogP contribution in [0.25, 0.3) is 0 Å². The topological polar surface area (TPSA) is 47.6 Å². The molecular weight excluding hydrogens is 334 g/mol. The molecule has 112 valence electrons. The summed E-state index contributed by atoms with van der Waals surface area (Å²) in [6.07, 6.45) is 3.93. The zero-order chi connectivity index (χ0) is 14.9. The highest BCUT2D eigenvalue weighted by Gasteiger charge is 2.18. The molecule has 5 heteroatoms. The maximum atomic E-state index is 11.5. The quantitative estimate of drug-likeness (QED) is 0.844. The highest BCUT2D eigenvalue weighted by molar-refractivity contribution is 9.10. The number of ether oxygens (including phenoxy) is 2. The maximum Gasteiger partial charge on any atom is 0.408 e. The van der Waals surface area contributed by atoms with Crippen LogP contribution in [0.15, 0.2) is 28.7 Å². The van der Waals surface area contributed by atoms with Crippen molar-refractivity contribution in [3.05, 3.63) is 28.7 Å². The Labute approximate surface area is 133 Å². The average Bonchev–Trinajstić information content (AvgIpc) is 2.95. The van der Waals surface area contributed by atoms with Crippen LogP contribution < -0.4 is 10.1 Å². The van der Waals surface area contributed by atoms with Crippen LogP contribution in [-0.2, 0) is 4.74 Å². The molecule has 1 aromatic carbocycles. The number of benzene rings is 1. The van der Waals surface area contributed by atoms with Gasteiger partial charge in [0.25, 0.3) is 0 Å². The molecule has 1 aliphatic rings. The summed E-state index contributed by atoms with van der Waals surface area (Å²) >= 11 is 3.37. The van der Waals surface area contributed by atoms with E-state index in [1.54, 1.807) is 0 Å². The number of hydrogen-bond donors (Lipinski definition) is 1. The fourth-order valence-electron chi connectivity index (χ4n) is 2.11. The first-order valence-electron chi connectivity index (χ1n) is 7.02. The van der Waals surface area contributed by atoms with Gasteiger partial charge in [0.1, 0.15) is 18.5 Å². The van der Waals surface area contributed by atoms with Crippen LogP contribution in [0.5, 0.6) is 5.75 Å². The maximum absolute atomic E-state index is 11.5. The fourth-order valence-corrected chi connectivity index (χ4v) is 2.48. The Bertz CT molecular complexity index is 530. The lowest BCUT2D eigenvalue weighted by Crippen LogP contribution is -2.28. The summed E-state index contributed by atoms with van der Waals surface area (Å²) in [5.41, 5.74) is 0. The summed E-state index contributed by atoms with van der Waals surface area (Å²) in [6, 6.07) is 7.56. The Morgan fingerprint density at radius 2 is 2.14 bits per heavy atom. The molecule has 1 fully saturated rings. The van der Waals surface area contributed by atoms with Crippen molar-refractivity contribution in [2.45, 2.75) is 31.8 Å². The monoisotopic (exact) mass is 351 g/mol. The summed E-state index contributed by atoms with van der Waals surface area (Å²) < 4.78 is 11.7. The van der Waals surface area contributed by atoms with Gasteiger partial charge in [-0.1, -0.05) is 33.8 Å². The van der Waals surface area contributed by atoms with Gasteiger partial charge in [0, 0.05) is 4.47 Å². The van der Waals surface area contributed by atoms with Crippen molar-refractivity contribution in [3.8, 4) is 17.6 Å². The molecule has 0 unspecified atom stereocenters. The minimum Gasteiger partial charge on any atom is -0.481 e. The zero-order valence-corrected chi connectivity index (χ0v) is 13.3. The number of alkyl carbamates (subject to hydrolysis) is 1. The van der Waals surface area contributed by atoms with Crippen molar-refractivity contribution in [3.63, 3.8) is 0 Å². The van der Waals surface area contributed by atoms with Crippen molar-refractivity contribution in [1.29, 1.82) is 0 Å². The normalized spacial score (nSPS) is 14.1. The van der Waals surface area contributed by atoms with E-state index >= 15 is 0 Å². The molecule has 1 aromatic rings. The number of amides is 1. The van der Waals surface area contributed by atoms with Gasteiger partial charge in [0.15, 0.2) is 0 Å². The van der Waals surface area contributed by atoms with E-state index in [9.17, 15) is 4.79 Å². The van der Waals surface area contributed by atoms with E-state index in [0.717, 1.165) is 35.9 Å². The molecule has 21 heavy (non-hydrogen) atoms.